The van der Waals surface area contributed by atoms with Crippen LogP contribution in [0.1, 0.15) is 35.5 Å². The second-order valence-corrected chi connectivity index (χ2v) is 12.9. The Morgan fingerprint density at radius 1 is 1.05 bits per heavy atom. The first-order chi connectivity index (χ1) is 19.0. The molecule has 10 heteroatoms. The van der Waals surface area contributed by atoms with Gasteiger partial charge in [-0.2, -0.15) is 0 Å². The number of pyridine rings is 1. The number of amides is 1. The number of piperazine rings is 1. The van der Waals surface area contributed by atoms with Crippen LogP contribution in [0, 0.1) is 6.92 Å². The van der Waals surface area contributed by atoms with Gasteiger partial charge in [-0.05, 0) is 74.7 Å². The van der Waals surface area contributed by atoms with Gasteiger partial charge in [0.2, 0.25) is 10.0 Å². The highest BCUT2D eigenvalue weighted by Gasteiger charge is 2.30. The van der Waals surface area contributed by atoms with Crippen molar-refractivity contribution >= 4 is 33.1 Å². The van der Waals surface area contributed by atoms with Crippen molar-refractivity contribution in [2.24, 2.45) is 0 Å². The van der Waals surface area contributed by atoms with E-state index >= 15 is 0 Å². The molecule has 2 aliphatic heterocycles. The van der Waals surface area contributed by atoms with E-state index in [0.717, 1.165) is 63.9 Å². The lowest BCUT2D eigenvalue weighted by Gasteiger charge is -2.38. The number of fused-ring (bicyclic) bond motifs is 1. The van der Waals surface area contributed by atoms with Crippen LogP contribution in [0.15, 0.2) is 48.5 Å². The third kappa shape index (κ3) is 5.38. The zero-order chi connectivity index (χ0) is 28.8. The first-order valence-corrected chi connectivity index (χ1v) is 15.4. The maximum absolute atomic E-state index is 13.7. The number of nitrogens with one attached hydrogen (secondary N) is 1. The number of benzene rings is 2. The summed E-state index contributed by atoms with van der Waals surface area (Å²) in [5.74, 6) is 1.17. The third-order valence-corrected chi connectivity index (χ3v) is 8.94. The van der Waals surface area contributed by atoms with E-state index in [9.17, 15) is 13.2 Å². The summed E-state index contributed by atoms with van der Waals surface area (Å²) in [4.78, 5) is 22.4. The van der Waals surface area contributed by atoms with Crippen LogP contribution in [0.3, 0.4) is 0 Å². The molecule has 1 fully saturated rings. The minimum Gasteiger partial charge on any atom is -0.495 e. The highest BCUT2D eigenvalue weighted by molar-refractivity contribution is 7.92. The number of anilines is 3. The molecule has 1 aromatic heterocycles. The first kappa shape index (κ1) is 27.9. The van der Waals surface area contributed by atoms with Gasteiger partial charge in [0, 0.05) is 61.3 Å². The zero-order valence-corrected chi connectivity index (χ0v) is 24.7. The van der Waals surface area contributed by atoms with Crippen molar-refractivity contribution in [1.82, 2.24) is 10.3 Å². The molecule has 3 heterocycles. The summed E-state index contributed by atoms with van der Waals surface area (Å²) in [5.41, 5.74) is 6.18. The molecule has 0 aliphatic carbocycles. The molecule has 2 aliphatic rings. The van der Waals surface area contributed by atoms with Gasteiger partial charge in [0.05, 0.1) is 19.1 Å². The molecule has 1 N–H and O–H groups in total. The summed E-state index contributed by atoms with van der Waals surface area (Å²) in [6.07, 6.45) is 1.93. The van der Waals surface area contributed by atoms with Crippen molar-refractivity contribution in [2.75, 3.05) is 54.2 Å². The van der Waals surface area contributed by atoms with Crippen LogP contribution < -0.4 is 24.2 Å². The Hall–Kier alpha value is -3.63. The molecule has 2 aromatic carbocycles. The number of ether oxygens (including phenoxy) is 1. The van der Waals surface area contributed by atoms with Crippen LogP contribution in [0.5, 0.6) is 5.75 Å². The van der Waals surface area contributed by atoms with E-state index in [4.69, 9.17) is 4.74 Å². The molecule has 0 saturated carbocycles. The number of hydrogen-bond acceptors (Lipinski definition) is 7. The van der Waals surface area contributed by atoms with E-state index in [1.54, 1.807) is 13.2 Å². The van der Waals surface area contributed by atoms with E-state index in [0.29, 0.717) is 35.7 Å². The van der Waals surface area contributed by atoms with Crippen molar-refractivity contribution in [1.29, 1.82) is 0 Å². The van der Waals surface area contributed by atoms with E-state index < -0.39 is 10.0 Å². The van der Waals surface area contributed by atoms with E-state index in [1.807, 2.05) is 42.2 Å². The Balaban J connectivity index is 1.39. The fourth-order valence-corrected chi connectivity index (χ4v) is 6.14. The van der Waals surface area contributed by atoms with E-state index in [2.05, 4.69) is 41.2 Å². The quantitative estimate of drug-likeness (QED) is 0.487. The van der Waals surface area contributed by atoms with Crippen molar-refractivity contribution in [3.8, 4) is 16.9 Å². The van der Waals surface area contributed by atoms with Crippen LogP contribution in [0.4, 0.5) is 17.2 Å². The van der Waals surface area contributed by atoms with Crippen LogP contribution in [0.25, 0.3) is 11.1 Å². The van der Waals surface area contributed by atoms with E-state index in [-0.39, 0.29) is 5.91 Å². The molecule has 212 valence electrons. The van der Waals surface area contributed by atoms with E-state index in [1.165, 1.54) is 7.05 Å². The Morgan fingerprint density at radius 3 is 2.33 bits per heavy atom. The smallest absolute Gasteiger partial charge is 0.258 e. The molecule has 0 unspecified atom stereocenters. The molecule has 2 atom stereocenters. The van der Waals surface area contributed by atoms with Crippen LogP contribution in [0.2, 0.25) is 0 Å². The minimum absolute atomic E-state index is 0.0385. The topological polar surface area (TPSA) is 95.1 Å². The summed E-state index contributed by atoms with van der Waals surface area (Å²) in [6, 6.07) is 16.0. The van der Waals surface area contributed by atoms with Gasteiger partial charge >= 0.3 is 0 Å². The maximum atomic E-state index is 13.7. The number of hydrogen-bond donors (Lipinski definition) is 1. The van der Waals surface area contributed by atoms with Crippen molar-refractivity contribution in [3.05, 3.63) is 65.4 Å². The number of methoxy groups -OCH3 is 1. The Bertz CT molecular complexity index is 1530. The fraction of sp³-hybridized carbons (Fsp3) is 0.400. The fourth-order valence-electron chi connectivity index (χ4n) is 5.70. The monoisotopic (exact) mass is 563 g/mol. The first-order valence-electron chi connectivity index (χ1n) is 13.5. The lowest BCUT2D eigenvalue weighted by Crippen LogP contribution is -2.54. The van der Waals surface area contributed by atoms with Crippen LogP contribution in [-0.4, -0.2) is 71.4 Å². The number of carbonyl (C=O) groups excluding carboxylic acids is 1. The maximum Gasteiger partial charge on any atom is 0.258 e. The number of aryl methyl sites for hydroxylation is 1. The van der Waals surface area contributed by atoms with Crippen LogP contribution >= 0.6 is 0 Å². The van der Waals surface area contributed by atoms with Gasteiger partial charge in [0.15, 0.2) is 0 Å². The van der Waals surface area contributed by atoms with Crippen molar-refractivity contribution in [2.45, 2.75) is 39.3 Å². The average molecular weight is 564 g/mol. The largest absolute Gasteiger partial charge is 0.495 e. The predicted molar refractivity (Wildman–Crippen MR) is 160 cm³/mol. The van der Waals surface area contributed by atoms with Gasteiger partial charge < -0.3 is 19.9 Å². The number of sulfonamides is 1. The highest BCUT2D eigenvalue weighted by Crippen LogP contribution is 2.40. The van der Waals surface area contributed by atoms with Crippen molar-refractivity contribution < 1.29 is 17.9 Å². The molecule has 0 bridgehead atoms. The summed E-state index contributed by atoms with van der Waals surface area (Å²) >= 11 is 0. The molecule has 40 heavy (non-hydrogen) atoms. The molecular weight excluding hydrogens is 526 g/mol. The van der Waals surface area contributed by atoms with Gasteiger partial charge in [0.25, 0.3) is 5.91 Å². The molecule has 1 saturated heterocycles. The summed E-state index contributed by atoms with van der Waals surface area (Å²) in [5, 5.41) is 3.57. The molecule has 5 rings (SSSR count). The van der Waals surface area contributed by atoms with Gasteiger partial charge in [-0.3, -0.25) is 9.10 Å². The minimum atomic E-state index is -3.40. The molecule has 0 spiro atoms. The van der Waals surface area contributed by atoms with Gasteiger partial charge in [-0.1, -0.05) is 12.1 Å². The average Bonchev–Trinajstić information content (AvgIpc) is 3.33. The second kappa shape index (κ2) is 10.7. The number of aromatic nitrogens is 1. The molecule has 0 radical (unpaired) electrons. The Labute approximate surface area is 236 Å². The standard InChI is InChI=1S/C30H37N5O4S/c1-19-17-34(18-20(2)31-19)27-16-26-24(15-28(27)39-5)13-14-35(26)30(36)23-9-7-22(8-10-23)25-11-12-29(32-21(25)3)33(4)40(6,37)38/h7-12,15-16,19-20,31H,13-14,17-18H2,1-6H3/t19-,20+. The van der Waals surface area contributed by atoms with Crippen molar-refractivity contribution in [3.63, 3.8) is 0 Å². The molecule has 9 nitrogen and oxygen atoms in total. The zero-order valence-electron chi connectivity index (χ0n) is 23.9. The highest BCUT2D eigenvalue weighted by atomic mass is 32.2. The summed E-state index contributed by atoms with van der Waals surface area (Å²) < 4.78 is 30.7. The van der Waals surface area contributed by atoms with Crippen LogP contribution in [-0.2, 0) is 16.4 Å². The SMILES string of the molecule is COc1cc2c(cc1N1C[C@@H](C)N[C@@H](C)C1)N(C(=O)c1ccc(-c3ccc(N(C)S(C)(=O)=O)nc3C)cc1)CC2. The molecule has 1 amide bonds. The van der Waals surface area contributed by atoms with Gasteiger partial charge in [-0.25, -0.2) is 13.4 Å². The summed E-state index contributed by atoms with van der Waals surface area (Å²) in [6.45, 7) is 8.57. The predicted octanol–water partition coefficient (Wildman–Crippen LogP) is 3.85. The molecular formula is C30H37N5O4S. The number of nitrogens with zero attached hydrogens (tertiary/aromatic N) is 4. The summed E-state index contributed by atoms with van der Waals surface area (Å²) in [7, 11) is -0.210. The Kier molecular flexibility index (Phi) is 7.50. The molecule has 3 aromatic rings. The Morgan fingerprint density at radius 2 is 1.73 bits per heavy atom. The number of rotatable bonds is 6. The number of carbonyl (C=O) groups is 1. The second-order valence-electron chi connectivity index (χ2n) is 10.8. The lowest BCUT2D eigenvalue weighted by molar-refractivity contribution is 0.0989. The van der Waals surface area contributed by atoms with Gasteiger partial charge in [0.1, 0.15) is 11.6 Å². The normalized spacial score (nSPS) is 18.9. The lowest BCUT2D eigenvalue weighted by atomic mass is 10.0. The van der Waals surface area contributed by atoms with Gasteiger partial charge in [-0.15, -0.1) is 0 Å². The third-order valence-electron chi connectivity index (χ3n) is 7.75.